The summed E-state index contributed by atoms with van der Waals surface area (Å²) in [7, 11) is 0. The van der Waals surface area contributed by atoms with Crippen LogP contribution >= 0.6 is 0 Å². The molecule has 114 valence electrons. The van der Waals surface area contributed by atoms with Crippen molar-refractivity contribution in [1.29, 1.82) is 0 Å². The molecule has 5 heteroatoms. The number of aliphatic imine (C=N–C) groups is 1. The van der Waals surface area contributed by atoms with Crippen molar-refractivity contribution in [2.24, 2.45) is 10.7 Å². The molecule has 1 saturated carbocycles. The lowest BCUT2D eigenvalue weighted by molar-refractivity contribution is 0.104. The zero-order valence-corrected chi connectivity index (χ0v) is 12.4. The Labute approximate surface area is 124 Å². The van der Waals surface area contributed by atoms with Crippen molar-refractivity contribution in [3.8, 4) is 0 Å². The van der Waals surface area contributed by atoms with E-state index < -0.39 is 5.54 Å². The molecule has 3 rings (SSSR count). The lowest BCUT2D eigenvalue weighted by atomic mass is 9.91. The van der Waals surface area contributed by atoms with Crippen LogP contribution in [-0.2, 0) is 10.3 Å². The van der Waals surface area contributed by atoms with Crippen LogP contribution in [0.4, 0.5) is 10.1 Å². The van der Waals surface area contributed by atoms with Crippen LogP contribution in [-0.4, -0.2) is 25.1 Å². The van der Waals surface area contributed by atoms with Crippen LogP contribution in [0.1, 0.15) is 38.2 Å². The van der Waals surface area contributed by atoms with Gasteiger partial charge in [0.05, 0.1) is 6.61 Å². The van der Waals surface area contributed by atoms with E-state index >= 15 is 0 Å². The van der Waals surface area contributed by atoms with Gasteiger partial charge in [-0.25, -0.2) is 4.39 Å². The zero-order valence-electron chi connectivity index (χ0n) is 12.4. The first kappa shape index (κ1) is 14.3. The van der Waals surface area contributed by atoms with Crippen LogP contribution in [0.3, 0.4) is 0 Å². The highest BCUT2D eigenvalue weighted by Gasteiger charge is 2.33. The first-order valence-corrected chi connectivity index (χ1v) is 7.55. The Morgan fingerprint density at radius 1 is 1.38 bits per heavy atom. The highest BCUT2D eigenvalue weighted by Crippen LogP contribution is 2.33. The zero-order chi connectivity index (χ0) is 14.9. The molecule has 1 aliphatic carbocycles. The maximum absolute atomic E-state index is 14.2. The number of anilines is 1. The first-order valence-electron chi connectivity index (χ1n) is 7.55. The monoisotopic (exact) mass is 291 g/mol. The maximum atomic E-state index is 14.2. The van der Waals surface area contributed by atoms with Crippen molar-refractivity contribution < 1.29 is 9.13 Å². The molecular formula is C16H22FN3O. The van der Waals surface area contributed by atoms with E-state index in [1.54, 1.807) is 6.07 Å². The second kappa shape index (κ2) is 5.64. The number of hydrogen-bond acceptors (Lipinski definition) is 4. The third-order valence-electron chi connectivity index (χ3n) is 4.30. The van der Waals surface area contributed by atoms with Gasteiger partial charge in [0.2, 0.25) is 0 Å². The molecule has 1 heterocycles. The minimum absolute atomic E-state index is 0.267. The fourth-order valence-corrected chi connectivity index (χ4v) is 3.21. The third-order valence-corrected chi connectivity index (χ3v) is 4.30. The van der Waals surface area contributed by atoms with Crippen molar-refractivity contribution in [3.05, 3.63) is 29.6 Å². The summed E-state index contributed by atoms with van der Waals surface area (Å²) in [6.45, 7) is 2.52. The average Bonchev–Trinajstić information content (AvgIpc) is 2.93. The molecule has 0 spiro atoms. The molecule has 21 heavy (non-hydrogen) atoms. The summed E-state index contributed by atoms with van der Waals surface area (Å²) in [4.78, 5) is 4.42. The predicted molar refractivity (Wildman–Crippen MR) is 82.1 cm³/mol. The molecule has 0 aromatic heterocycles. The van der Waals surface area contributed by atoms with Gasteiger partial charge < -0.3 is 15.8 Å². The largest absolute Gasteiger partial charge is 0.386 e. The van der Waals surface area contributed by atoms with E-state index in [1.807, 2.05) is 13.0 Å². The Balaban J connectivity index is 1.88. The molecule has 3 N–H and O–H groups in total. The molecule has 0 radical (unpaired) electrons. The second-order valence-electron chi connectivity index (χ2n) is 6.19. The Hall–Kier alpha value is -1.62. The highest BCUT2D eigenvalue weighted by molar-refractivity contribution is 5.82. The lowest BCUT2D eigenvalue weighted by Gasteiger charge is -2.30. The van der Waals surface area contributed by atoms with E-state index in [4.69, 9.17) is 10.5 Å². The molecule has 1 aromatic carbocycles. The predicted octanol–water partition coefficient (Wildman–Crippen LogP) is 2.78. The molecule has 1 fully saturated rings. The van der Waals surface area contributed by atoms with Gasteiger partial charge in [0, 0.05) is 17.3 Å². The van der Waals surface area contributed by atoms with Crippen molar-refractivity contribution in [1.82, 2.24) is 0 Å². The number of benzene rings is 1. The van der Waals surface area contributed by atoms with Crippen molar-refractivity contribution in [3.63, 3.8) is 0 Å². The summed E-state index contributed by atoms with van der Waals surface area (Å²) in [6, 6.07) is 5.63. The quantitative estimate of drug-likeness (QED) is 0.900. The van der Waals surface area contributed by atoms with Crippen molar-refractivity contribution >= 4 is 11.5 Å². The minimum atomic E-state index is -0.750. The maximum Gasteiger partial charge on any atom is 0.129 e. The van der Waals surface area contributed by atoms with Gasteiger partial charge in [-0.2, -0.15) is 0 Å². The van der Waals surface area contributed by atoms with Crippen LogP contribution in [0.15, 0.2) is 23.2 Å². The fourth-order valence-electron chi connectivity index (χ4n) is 3.21. The minimum Gasteiger partial charge on any atom is -0.386 e. The number of ether oxygens (including phenoxy) is 1. The summed E-state index contributed by atoms with van der Waals surface area (Å²) in [5.41, 5.74) is 6.48. The smallest absolute Gasteiger partial charge is 0.129 e. The Kier molecular flexibility index (Phi) is 3.85. The summed E-state index contributed by atoms with van der Waals surface area (Å²) in [6.07, 6.45) is 4.88. The summed E-state index contributed by atoms with van der Waals surface area (Å²) < 4.78 is 19.7. The van der Waals surface area contributed by atoms with E-state index in [0.717, 1.165) is 5.69 Å². The van der Waals surface area contributed by atoms with Crippen LogP contribution in [0.25, 0.3) is 0 Å². The molecular weight excluding hydrogens is 269 g/mol. The number of nitrogens with one attached hydrogen (secondary N) is 1. The van der Waals surface area contributed by atoms with E-state index in [2.05, 4.69) is 10.3 Å². The van der Waals surface area contributed by atoms with Crippen LogP contribution in [0, 0.1) is 5.82 Å². The van der Waals surface area contributed by atoms with Gasteiger partial charge in [-0.15, -0.1) is 0 Å². The molecule has 0 bridgehead atoms. The number of rotatable bonds is 3. The van der Waals surface area contributed by atoms with Gasteiger partial charge in [-0.05, 0) is 38.0 Å². The van der Waals surface area contributed by atoms with E-state index in [0.29, 0.717) is 30.7 Å². The molecule has 0 saturated heterocycles. The van der Waals surface area contributed by atoms with Crippen molar-refractivity contribution in [2.45, 2.75) is 44.2 Å². The van der Waals surface area contributed by atoms with Gasteiger partial charge in [0.25, 0.3) is 0 Å². The van der Waals surface area contributed by atoms with Crippen LogP contribution in [0.5, 0.6) is 0 Å². The van der Waals surface area contributed by atoms with Gasteiger partial charge in [-0.1, -0.05) is 12.8 Å². The number of nitrogens with two attached hydrogens (primary N) is 1. The molecule has 0 amide bonds. The van der Waals surface area contributed by atoms with Gasteiger partial charge in [-0.3, -0.25) is 4.99 Å². The highest BCUT2D eigenvalue weighted by atomic mass is 19.1. The molecule has 0 unspecified atom stereocenters. The molecule has 1 aliphatic heterocycles. The summed E-state index contributed by atoms with van der Waals surface area (Å²) in [5.74, 6) is 0.147. The number of hydrogen-bond donors (Lipinski definition) is 2. The molecule has 1 aromatic rings. The lowest BCUT2D eigenvalue weighted by Crippen LogP contribution is -2.38. The Morgan fingerprint density at radius 3 is 2.86 bits per heavy atom. The van der Waals surface area contributed by atoms with E-state index in [9.17, 15) is 4.39 Å². The molecule has 2 aliphatic rings. The van der Waals surface area contributed by atoms with Crippen molar-refractivity contribution in [2.75, 3.05) is 18.5 Å². The Bertz CT molecular complexity index is 554. The summed E-state index contributed by atoms with van der Waals surface area (Å²) in [5, 5.41) is 3.49. The average molecular weight is 291 g/mol. The van der Waals surface area contributed by atoms with Gasteiger partial charge in [0.15, 0.2) is 0 Å². The normalized spacial score (nSPS) is 26.7. The molecule has 1 atom stereocenters. The fraction of sp³-hybridized carbons (Fsp3) is 0.562. The van der Waals surface area contributed by atoms with Gasteiger partial charge in [0.1, 0.15) is 23.8 Å². The number of nitrogens with zero attached hydrogens (tertiary/aromatic N) is 1. The topological polar surface area (TPSA) is 59.6 Å². The third kappa shape index (κ3) is 3.02. The van der Waals surface area contributed by atoms with Crippen LogP contribution in [0.2, 0.25) is 0 Å². The van der Waals surface area contributed by atoms with E-state index in [-0.39, 0.29) is 5.82 Å². The number of halogens is 1. The molecule has 4 nitrogen and oxygen atoms in total. The summed E-state index contributed by atoms with van der Waals surface area (Å²) >= 11 is 0. The van der Waals surface area contributed by atoms with Gasteiger partial charge >= 0.3 is 0 Å². The van der Waals surface area contributed by atoms with E-state index in [1.165, 1.54) is 31.7 Å². The second-order valence-corrected chi connectivity index (χ2v) is 6.19. The number of amidine groups is 1. The SMILES string of the molecule is C[C@@]1(c2cc(NC3CCCC3)ccc2F)COCC(N)=N1. The standard InChI is InChI=1S/C16H22FN3O/c1-16(10-21-9-15(18)20-16)13-8-12(6-7-14(13)17)19-11-4-2-3-5-11/h6-8,11,19H,2-5,9-10H2,1H3,(H2,18,20)/t16-/m0/s1. The Morgan fingerprint density at radius 2 is 2.14 bits per heavy atom. The first-order chi connectivity index (χ1) is 10.1. The van der Waals surface area contributed by atoms with Crippen LogP contribution < -0.4 is 11.1 Å².